The summed E-state index contributed by atoms with van der Waals surface area (Å²) in [5.41, 5.74) is 5.58. The van der Waals surface area contributed by atoms with Crippen molar-refractivity contribution < 1.29 is 22.1 Å². The SMILES string of the molecule is [2H]C([2H])([2H])N(C(=O)/C=C/CCCCOc1ccc(/C(=C(/CC)c2ccccc2)c2ccc3n[nH]c(F)c3c2)cc1)C([2H])([2H])[2H]. The van der Waals surface area contributed by atoms with E-state index >= 15 is 0 Å². The van der Waals surface area contributed by atoms with Gasteiger partial charge >= 0.3 is 0 Å². The molecule has 1 aromatic heterocycles. The largest absolute Gasteiger partial charge is 0.494 e. The molecule has 1 amide bonds. The average molecular weight is 518 g/mol. The molecule has 0 saturated heterocycles. The van der Waals surface area contributed by atoms with Gasteiger partial charge in [-0.15, -0.1) is 0 Å². The van der Waals surface area contributed by atoms with E-state index < -0.39 is 25.8 Å². The van der Waals surface area contributed by atoms with Crippen LogP contribution in [-0.2, 0) is 4.79 Å². The molecule has 0 spiro atoms. The first-order valence-corrected chi connectivity index (χ1v) is 12.6. The Hall–Kier alpha value is -4.19. The molecule has 5 nitrogen and oxygen atoms in total. The first kappa shape index (κ1) is 19.9. The number of amides is 1. The molecule has 1 N–H and O–H groups in total. The van der Waals surface area contributed by atoms with Crippen LogP contribution in [0.25, 0.3) is 22.0 Å². The van der Waals surface area contributed by atoms with Crippen molar-refractivity contribution in [2.45, 2.75) is 32.6 Å². The number of hydrogen-bond acceptors (Lipinski definition) is 3. The first-order valence-electron chi connectivity index (χ1n) is 15.6. The van der Waals surface area contributed by atoms with Crippen LogP contribution in [0.15, 0.2) is 84.9 Å². The molecule has 0 aliphatic heterocycles. The zero-order chi connectivity index (χ0) is 31.9. The maximum absolute atomic E-state index is 14.4. The van der Waals surface area contributed by atoms with E-state index in [-0.39, 0.29) is 4.90 Å². The normalized spacial score (nSPS) is 15.1. The number of nitrogens with one attached hydrogen (secondary N) is 1. The van der Waals surface area contributed by atoms with Crippen molar-refractivity contribution >= 4 is 28.0 Å². The van der Waals surface area contributed by atoms with E-state index in [1.165, 1.54) is 6.08 Å². The third kappa shape index (κ3) is 6.57. The number of H-pyrrole nitrogens is 1. The van der Waals surface area contributed by atoms with Crippen molar-refractivity contribution in [3.63, 3.8) is 0 Å². The van der Waals surface area contributed by atoms with Gasteiger partial charge in [-0.3, -0.25) is 9.89 Å². The second kappa shape index (κ2) is 12.9. The Labute approximate surface area is 232 Å². The Morgan fingerprint density at radius 3 is 2.53 bits per heavy atom. The number of benzene rings is 3. The zero-order valence-electron chi connectivity index (χ0n) is 27.2. The quantitative estimate of drug-likeness (QED) is 0.129. The van der Waals surface area contributed by atoms with Crippen LogP contribution in [0.4, 0.5) is 4.39 Å². The fraction of sp³-hybridized carbons (Fsp3) is 0.250. The smallest absolute Gasteiger partial charge is 0.245 e. The van der Waals surface area contributed by atoms with Crippen LogP contribution in [0, 0.1) is 5.95 Å². The van der Waals surface area contributed by atoms with Crippen molar-refractivity contribution in [1.29, 1.82) is 0 Å². The van der Waals surface area contributed by atoms with Gasteiger partial charge in [0.05, 0.1) is 17.5 Å². The lowest BCUT2D eigenvalue weighted by molar-refractivity contribution is -0.123. The molecular formula is C32H34FN3O2. The monoisotopic (exact) mass is 517 g/mol. The van der Waals surface area contributed by atoms with Crippen LogP contribution in [-0.4, -0.2) is 41.6 Å². The molecule has 0 fully saturated rings. The molecule has 4 aromatic rings. The Bertz CT molecular complexity index is 1610. The molecule has 1 heterocycles. The third-order valence-electron chi connectivity index (χ3n) is 6.23. The number of hydrogen-bond donors (Lipinski definition) is 1. The highest BCUT2D eigenvalue weighted by atomic mass is 19.1. The number of ether oxygens (including phenoxy) is 1. The summed E-state index contributed by atoms with van der Waals surface area (Å²) in [7, 11) is 0. The highest BCUT2D eigenvalue weighted by molar-refractivity contribution is 6.00. The van der Waals surface area contributed by atoms with Gasteiger partial charge in [0.2, 0.25) is 11.9 Å². The summed E-state index contributed by atoms with van der Waals surface area (Å²) in [4.78, 5) is 12.1. The van der Waals surface area contributed by atoms with Gasteiger partial charge in [0.1, 0.15) is 5.75 Å². The van der Waals surface area contributed by atoms with Gasteiger partial charge in [0.15, 0.2) is 0 Å². The van der Waals surface area contributed by atoms with Crippen LogP contribution in [0.5, 0.6) is 5.75 Å². The van der Waals surface area contributed by atoms with Crippen molar-refractivity contribution in [1.82, 2.24) is 15.1 Å². The lowest BCUT2D eigenvalue weighted by atomic mass is 9.88. The van der Waals surface area contributed by atoms with Crippen LogP contribution < -0.4 is 4.74 Å². The van der Waals surface area contributed by atoms with Gasteiger partial charge in [0, 0.05) is 22.2 Å². The number of carbonyl (C=O) groups excluding carboxylic acids is 1. The fourth-order valence-electron chi connectivity index (χ4n) is 4.34. The number of halogens is 1. The van der Waals surface area contributed by atoms with E-state index in [0.717, 1.165) is 40.3 Å². The number of allylic oxidation sites excluding steroid dienone is 2. The van der Waals surface area contributed by atoms with E-state index in [1.54, 1.807) is 0 Å². The molecule has 6 heteroatoms. The minimum absolute atomic E-state index is 0.0682. The molecule has 3 aromatic carbocycles. The molecule has 196 valence electrons. The number of likely N-dealkylation sites (N-methyl/N-ethyl adjacent to an activating group) is 1. The first-order chi connectivity index (χ1) is 20.9. The summed E-state index contributed by atoms with van der Waals surface area (Å²) in [5, 5.41) is 6.85. The van der Waals surface area contributed by atoms with E-state index in [9.17, 15) is 9.18 Å². The van der Waals surface area contributed by atoms with Crippen LogP contribution in [0.2, 0.25) is 0 Å². The number of carbonyl (C=O) groups is 1. The van der Waals surface area contributed by atoms with Crippen LogP contribution in [0.1, 0.15) is 57.5 Å². The number of unbranched alkanes of at least 4 members (excludes halogenated alkanes) is 2. The van der Waals surface area contributed by atoms with E-state index in [1.807, 2.05) is 60.7 Å². The standard InChI is InChI=1S/C32H34FN3O2/c1-4-27(23-12-8-7-9-13-23)31(25-17-20-29-28(22-25)32(33)35-34-29)24-15-18-26(19-16-24)38-21-11-6-5-10-14-30(37)36(2)3/h7-10,12-20,22H,4-6,11,21H2,1-3H3,(H,34,35)/b14-10+,31-27+/i2D3,3D3. The highest BCUT2D eigenvalue weighted by Crippen LogP contribution is 2.36. The molecule has 0 radical (unpaired) electrons. The lowest BCUT2D eigenvalue weighted by Gasteiger charge is -2.17. The second-order valence-corrected chi connectivity index (χ2v) is 8.79. The van der Waals surface area contributed by atoms with Crippen molar-refractivity contribution in [3.05, 3.63) is 108 Å². The summed E-state index contributed by atoms with van der Waals surface area (Å²) >= 11 is 0. The second-order valence-electron chi connectivity index (χ2n) is 8.79. The Balaban J connectivity index is 1.43. The number of aromatic amines is 1. The number of fused-ring (bicyclic) bond motifs is 1. The molecular weight excluding hydrogens is 477 g/mol. The van der Waals surface area contributed by atoms with E-state index in [0.29, 0.717) is 42.5 Å². The van der Waals surface area contributed by atoms with Crippen molar-refractivity contribution in [2.75, 3.05) is 20.6 Å². The Morgan fingerprint density at radius 1 is 1.03 bits per heavy atom. The molecule has 0 aliphatic rings. The maximum Gasteiger partial charge on any atom is 0.245 e. The zero-order valence-corrected chi connectivity index (χ0v) is 21.2. The summed E-state index contributed by atoms with van der Waals surface area (Å²) < 4.78 is 64.2. The summed E-state index contributed by atoms with van der Waals surface area (Å²) in [6, 6.07) is 23.4. The maximum atomic E-state index is 14.4. The van der Waals surface area contributed by atoms with Gasteiger partial charge < -0.3 is 9.64 Å². The van der Waals surface area contributed by atoms with E-state index in [2.05, 4.69) is 29.3 Å². The molecule has 4 rings (SSSR count). The molecule has 0 aliphatic carbocycles. The third-order valence-corrected chi connectivity index (χ3v) is 6.23. The Morgan fingerprint density at radius 2 is 1.79 bits per heavy atom. The number of rotatable bonds is 11. The lowest BCUT2D eigenvalue weighted by Crippen LogP contribution is -2.18. The van der Waals surface area contributed by atoms with E-state index in [4.69, 9.17) is 13.0 Å². The molecule has 38 heavy (non-hydrogen) atoms. The Kier molecular flexibility index (Phi) is 6.72. The molecule has 0 saturated carbocycles. The number of nitrogens with zero attached hydrogens (tertiary/aromatic N) is 2. The predicted octanol–water partition coefficient (Wildman–Crippen LogP) is 7.26. The van der Waals surface area contributed by atoms with Crippen molar-refractivity contribution in [3.8, 4) is 5.75 Å². The summed E-state index contributed by atoms with van der Waals surface area (Å²) in [6.07, 6.45) is 4.99. The summed E-state index contributed by atoms with van der Waals surface area (Å²) in [5.74, 6) is -0.875. The van der Waals surface area contributed by atoms with Crippen LogP contribution in [0.3, 0.4) is 0 Å². The topological polar surface area (TPSA) is 58.2 Å². The van der Waals surface area contributed by atoms with Crippen molar-refractivity contribution in [2.24, 2.45) is 0 Å². The van der Waals surface area contributed by atoms with Crippen LogP contribution >= 0.6 is 0 Å². The van der Waals surface area contributed by atoms with Gasteiger partial charge in [-0.2, -0.15) is 9.49 Å². The fourth-order valence-corrected chi connectivity index (χ4v) is 4.34. The van der Waals surface area contributed by atoms with Gasteiger partial charge in [-0.1, -0.05) is 61.5 Å². The number of aromatic nitrogens is 2. The predicted molar refractivity (Wildman–Crippen MR) is 152 cm³/mol. The van der Waals surface area contributed by atoms with Gasteiger partial charge in [-0.05, 0) is 83.9 Å². The minimum atomic E-state index is -3.06. The molecule has 0 bridgehead atoms. The molecule has 0 unspecified atom stereocenters. The minimum Gasteiger partial charge on any atom is -0.494 e. The summed E-state index contributed by atoms with van der Waals surface area (Å²) in [6.45, 7) is -3.60. The van der Waals surface area contributed by atoms with Gasteiger partial charge in [0.25, 0.3) is 0 Å². The van der Waals surface area contributed by atoms with Gasteiger partial charge in [-0.25, -0.2) is 0 Å². The molecule has 0 atom stereocenters. The highest BCUT2D eigenvalue weighted by Gasteiger charge is 2.15. The average Bonchev–Trinajstić information content (AvgIpc) is 3.34.